The number of hydrogen-bond acceptors (Lipinski definition) is 3. The Morgan fingerprint density at radius 2 is 1.73 bits per heavy atom. The van der Waals surface area contributed by atoms with E-state index >= 15 is 0 Å². The topological polar surface area (TPSA) is 57.7 Å². The molecule has 0 bridgehead atoms. The number of amides is 1. The highest BCUT2D eigenvalue weighted by molar-refractivity contribution is 7.88. The first-order chi connectivity index (χ1) is 10.4. The molecule has 22 heavy (non-hydrogen) atoms. The first-order valence-corrected chi connectivity index (χ1v) is 10.5. The average Bonchev–Trinajstić information content (AvgIpc) is 2.72. The molecule has 1 amide bonds. The van der Waals surface area contributed by atoms with E-state index in [4.69, 9.17) is 0 Å². The van der Waals surface area contributed by atoms with Crippen LogP contribution in [0.3, 0.4) is 0 Å². The SMILES string of the molecule is CC1CCCN(C(=O)CN(C2CCCCCC2)S(C)(=O)=O)C1. The lowest BCUT2D eigenvalue weighted by Crippen LogP contribution is -2.49. The minimum Gasteiger partial charge on any atom is -0.341 e. The molecule has 1 unspecified atom stereocenters. The quantitative estimate of drug-likeness (QED) is 0.743. The summed E-state index contributed by atoms with van der Waals surface area (Å²) in [4.78, 5) is 14.4. The Labute approximate surface area is 135 Å². The number of likely N-dealkylation sites (tertiary alicyclic amines) is 1. The van der Waals surface area contributed by atoms with Gasteiger partial charge < -0.3 is 4.90 Å². The smallest absolute Gasteiger partial charge is 0.237 e. The second-order valence-electron chi connectivity index (χ2n) is 7.04. The lowest BCUT2D eigenvalue weighted by Gasteiger charge is -2.34. The molecule has 2 rings (SSSR count). The third-order valence-electron chi connectivity index (χ3n) is 4.96. The molecule has 0 aromatic rings. The van der Waals surface area contributed by atoms with Crippen LogP contribution < -0.4 is 0 Å². The third kappa shape index (κ3) is 4.95. The Balaban J connectivity index is 2.04. The molecule has 2 aliphatic rings. The van der Waals surface area contributed by atoms with Crippen LogP contribution in [0.5, 0.6) is 0 Å². The second-order valence-corrected chi connectivity index (χ2v) is 8.98. The number of hydrogen-bond donors (Lipinski definition) is 0. The van der Waals surface area contributed by atoms with Gasteiger partial charge in [0.25, 0.3) is 0 Å². The van der Waals surface area contributed by atoms with Crippen LogP contribution in [0.2, 0.25) is 0 Å². The van der Waals surface area contributed by atoms with Gasteiger partial charge in [-0.2, -0.15) is 4.31 Å². The lowest BCUT2D eigenvalue weighted by atomic mass is 10.0. The highest BCUT2D eigenvalue weighted by atomic mass is 32.2. The van der Waals surface area contributed by atoms with Crippen molar-refractivity contribution in [1.82, 2.24) is 9.21 Å². The summed E-state index contributed by atoms with van der Waals surface area (Å²) < 4.78 is 25.8. The summed E-state index contributed by atoms with van der Waals surface area (Å²) in [7, 11) is -3.34. The van der Waals surface area contributed by atoms with Gasteiger partial charge in [-0.05, 0) is 31.6 Å². The molecule has 1 saturated heterocycles. The maximum atomic E-state index is 12.5. The Morgan fingerprint density at radius 3 is 2.27 bits per heavy atom. The van der Waals surface area contributed by atoms with Crippen molar-refractivity contribution < 1.29 is 13.2 Å². The van der Waals surface area contributed by atoms with Crippen LogP contribution in [0.25, 0.3) is 0 Å². The van der Waals surface area contributed by atoms with E-state index in [0.717, 1.165) is 51.6 Å². The Morgan fingerprint density at radius 1 is 1.09 bits per heavy atom. The summed E-state index contributed by atoms with van der Waals surface area (Å²) in [5.74, 6) is 0.489. The first kappa shape index (κ1) is 17.7. The van der Waals surface area contributed by atoms with E-state index in [0.29, 0.717) is 5.92 Å². The zero-order valence-corrected chi connectivity index (χ0v) is 14.8. The number of carbonyl (C=O) groups excluding carboxylic acids is 1. The number of rotatable bonds is 4. The molecule has 0 aromatic heterocycles. The molecule has 5 nitrogen and oxygen atoms in total. The molecular weight excluding hydrogens is 300 g/mol. The van der Waals surface area contributed by atoms with Gasteiger partial charge >= 0.3 is 0 Å². The van der Waals surface area contributed by atoms with E-state index in [1.54, 1.807) is 0 Å². The molecule has 6 heteroatoms. The minimum atomic E-state index is -3.34. The van der Waals surface area contributed by atoms with Crippen molar-refractivity contribution in [3.8, 4) is 0 Å². The highest BCUT2D eigenvalue weighted by Gasteiger charge is 2.31. The van der Waals surface area contributed by atoms with E-state index in [1.807, 2.05) is 4.90 Å². The molecule has 1 atom stereocenters. The standard InChI is InChI=1S/C16H30N2O3S/c1-14-8-7-11-17(12-14)16(19)13-18(22(2,20)21)15-9-5-3-4-6-10-15/h14-15H,3-13H2,1-2H3. The molecule has 1 aliphatic heterocycles. The predicted molar refractivity (Wildman–Crippen MR) is 88.0 cm³/mol. The molecule has 0 N–H and O–H groups in total. The van der Waals surface area contributed by atoms with Gasteiger partial charge in [-0.3, -0.25) is 4.79 Å². The first-order valence-electron chi connectivity index (χ1n) is 8.62. The third-order valence-corrected chi connectivity index (χ3v) is 6.24. The minimum absolute atomic E-state index is 0.00339. The van der Waals surface area contributed by atoms with E-state index in [9.17, 15) is 13.2 Å². The molecule has 1 saturated carbocycles. The summed E-state index contributed by atoms with van der Waals surface area (Å²) in [5.41, 5.74) is 0. The van der Waals surface area contributed by atoms with Crippen molar-refractivity contribution in [3.63, 3.8) is 0 Å². The summed E-state index contributed by atoms with van der Waals surface area (Å²) in [6, 6.07) is 0.00339. The summed E-state index contributed by atoms with van der Waals surface area (Å²) in [5, 5.41) is 0. The van der Waals surface area contributed by atoms with Crippen LogP contribution >= 0.6 is 0 Å². The summed E-state index contributed by atoms with van der Waals surface area (Å²) >= 11 is 0. The maximum Gasteiger partial charge on any atom is 0.237 e. The zero-order valence-electron chi connectivity index (χ0n) is 14.0. The largest absolute Gasteiger partial charge is 0.341 e. The van der Waals surface area contributed by atoms with Crippen molar-refractivity contribution >= 4 is 15.9 Å². The van der Waals surface area contributed by atoms with Gasteiger partial charge in [0.2, 0.25) is 15.9 Å². The van der Waals surface area contributed by atoms with Gasteiger partial charge in [-0.1, -0.05) is 32.6 Å². The van der Waals surface area contributed by atoms with Crippen molar-refractivity contribution in [2.24, 2.45) is 5.92 Å². The van der Waals surface area contributed by atoms with Gasteiger partial charge in [0, 0.05) is 19.1 Å². The monoisotopic (exact) mass is 330 g/mol. The van der Waals surface area contributed by atoms with Gasteiger partial charge in [0.15, 0.2) is 0 Å². The van der Waals surface area contributed by atoms with Crippen LogP contribution in [-0.4, -0.2) is 55.5 Å². The van der Waals surface area contributed by atoms with E-state index < -0.39 is 10.0 Å². The van der Waals surface area contributed by atoms with E-state index in [1.165, 1.54) is 23.4 Å². The highest BCUT2D eigenvalue weighted by Crippen LogP contribution is 2.24. The molecule has 1 heterocycles. The Hall–Kier alpha value is -0.620. The molecule has 0 spiro atoms. The molecule has 2 fully saturated rings. The van der Waals surface area contributed by atoms with Gasteiger partial charge in [0.1, 0.15) is 0 Å². The average molecular weight is 330 g/mol. The fraction of sp³-hybridized carbons (Fsp3) is 0.938. The molecular formula is C16H30N2O3S. The lowest BCUT2D eigenvalue weighted by molar-refractivity contribution is -0.133. The van der Waals surface area contributed by atoms with Crippen LogP contribution in [-0.2, 0) is 14.8 Å². The van der Waals surface area contributed by atoms with Crippen LogP contribution in [0.1, 0.15) is 58.3 Å². The van der Waals surface area contributed by atoms with Crippen molar-refractivity contribution in [1.29, 1.82) is 0 Å². The summed E-state index contributed by atoms with van der Waals surface area (Å²) in [6.07, 6.45) is 9.66. The van der Waals surface area contributed by atoms with Crippen molar-refractivity contribution in [2.45, 2.75) is 64.3 Å². The number of piperidine rings is 1. The Kier molecular flexibility index (Phi) is 6.26. The van der Waals surface area contributed by atoms with E-state index in [-0.39, 0.29) is 18.5 Å². The number of sulfonamides is 1. The fourth-order valence-corrected chi connectivity index (χ4v) is 4.81. The van der Waals surface area contributed by atoms with Crippen LogP contribution in [0.4, 0.5) is 0 Å². The van der Waals surface area contributed by atoms with E-state index in [2.05, 4.69) is 6.92 Å². The summed E-state index contributed by atoms with van der Waals surface area (Å²) in [6.45, 7) is 3.71. The number of carbonyl (C=O) groups is 1. The van der Waals surface area contributed by atoms with Crippen LogP contribution in [0, 0.1) is 5.92 Å². The zero-order chi connectivity index (χ0) is 16.2. The molecule has 0 aromatic carbocycles. The fourth-order valence-electron chi connectivity index (χ4n) is 3.71. The second kappa shape index (κ2) is 7.77. The number of nitrogens with zero attached hydrogens (tertiary/aromatic N) is 2. The van der Waals surface area contributed by atoms with Crippen LogP contribution in [0.15, 0.2) is 0 Å². The predicted octanol–water partition coefficient (Wildman–Crippen LogP) is 2.23. The van der Waals surface area contributed by atoms with Crippen molar-refractivity contribution in [2.75, 3.05) is 25.9 Å². The maximum absolute atomic E-state index is 12.5. The normalized spacial score (nSPS) is 25.2. The Bertz CT molecular complexity index is 470. The van der Waals surface area contributed by atoms with Gasteiger partial charge in [0.05, 0.1) is 12.8 Å². The van der Waals surface area contributed by atoms with Crippen molar-refractivity contribution in [3.05, 3.63) is 0 Å². The van der Waals surface area contributed by atoms with Gasteiger partial charge in [-0.15, -0.1) is 0 Å². The molecule has 1 aliphatic carbocycles. The molecule has 128 valence electrons. The van der Waals surface area contributed by atoms with Gasteiger partial charge in [-0.25, -0.2) is 8.42 Å². The molecule has 0 radical (unpaired) electrons.